The largest absolute Gasteiger partial charge is 0.397 e. The molecule has 1 aromatic carbocycles. The van der Waals surface area contributed by atoms with Crippen LogP contribution in [0, 0.1) is 6.92 Å². The maximum atomic E-state index is 6.55. The Kier molecular flexibility index (Phi) is 3.35. The second-order valence-corrected chi connectivity index (χ2v) is 5.52. The summed E-state index contributed by atoms with van der Waals surface area (Å²) in [6.45, 7) is 1.96. The van der Waals surface area contributed by atoms with Crippen molar-refractivity contribution in [1.29, 1.82) is 0 Å². The first-order valence-electron chi connectivity index (χ1n) is 6.23. The van der Waals surface area contributed by atoms with Gasteiger partial charge in [0, 0.05) is 40.5 Å². The van der Waals surface area contributed by atoms with Gasteiger partial charge in [-0.1, -0.05) is 23.2 Å². The van der Waals surface area contributed by atoms with Gasteiger partial charge >= 0.3 is 0 Å². The number of aryl methyl sites for hydroxylation is 1. The van der Waals surface area contributed by atoms with Crippen molar-refractivity contribution < 1.29 is 0 Å². The minimum Gasteiger partial charge on any atom is -0.397 e. The molecule has 3 aromatic rings. The molecule has 2 aromatic heterocycles. The lowest BCUT2D eigenvalue weighted by molar-refractivity contribution is 1.29. The van der Waals surface area contributed by atoms with Gasteiger partial charge in [-0.15, -0.1) is 0 Å². The second kappa shape index (κ2) is 5.06. The minimum absolute atomic E-state index is 0.375. The van der Waals surface area contributed by atoms with Gasteiger partial charge in [0.05, 0.1) is 15.7 Å². The van der Waals surface area contributed by atoms with Gasteiger partial charge in [0.15, 0.2) is 0 Å². The number of fused-ring (bicyclic) bond motifs is 1. The van der Waals surface area contributed by atoms with Crippen LogP contribution < -0.4 is 11.5 Å². The Morgan fingerprint density at radius 3 is 2.52 bits per heavy atom. The number of nitrogens with two attached hydrogens (primary N) is 2. The third kappa shape index (κ3) is 2.17. The highest BCUT2D eigenvalue weighted by Crippen LogP contribution is 2.45. The van der Waals surface area contributed by atoms with Gasteiger partial charge in [0.25, 0.3) is 0 Å². The zero-order valence-electron chi connectivity index (χ0n) is 11.2. The molecular weight excluding hydrogens is 307 g/mol. The first kappa shape index (κ1) is 13.9. The van der Waals surface area contributed by atoms with E-state index in [2.05, 4.69) is 9.97 Å². The molecule has 106 valence electrons. The number of anilines is 2. The average molecular weight is 319 g/mol. The van der Waals surface area contributed by atoms with Crippen molar-refractivity contribution in [3.63, 3.8) is 0 Å². The van der Waals surface area contributed by atoms with Crippen LogP contribution in [0.15, 0.2) is 30.7 Å². The average Bonchev–Trinajstić information content (AvgIpc) is 2.47. The number of aromatic nitrogens is 2. The van der Waals surface area contributed by atoms with Crippen molar-refractivity contribution in [2.24, 2.45) is 0 Å². The molecular formula is C15H12Cl2N4. The highest BCUT2D eigenvalue weighted by molar-refractivity contribution is 6.45. The number of hydrogen-bond donors (Lipinski definition) is 2. The van der Waals surface area contributed by atoms with Crippen LogP contribution in [0.2, 0.25) is 10.0 Å². The number of rotatable bonds is 1. The van der Waals surface area contributed by atoms with Gasteiger partial charge in [-0.3, -0.25) is 4.98 Å². The summed E-state index contributed by atoms with van der Waals surface area (Å²) >= 11 is 13.0. The van der Waals surface area contributed by atoms with E-state index in [4.69, 9.17) is 34.7 Å². The van der Waals surface area contributed by atoms with E-state index < -0.39 is 0 Å². The Hall–Kier alpha value is -2.04. The van der Waals surface area contributed by atoms with E-state index >= 15 is 0 Å². The van der Waals surface area contributed by atoms with Crippen molar-refractivity contribution >= 4 is 45.5 Å². The molecule has 2 heterocycles. The van der Waals surface area contributed by atoms with Gasteiger partial charge in [-0.2, -0.15) is 0 Å². The second-order valence-electron chi connectivity index (χ2n) is 4.76. The Morgan fingerprint density at radius 2 is 1.81 bits per heavy atom. The molecule has 4 N–H and O–H groups in total. The van der Waals surface area contributed by atoms with Crippen molar-refractivity contribution in [2.45, 2.75) is 6.92 Å². The zero-order valence-corrected chi connectivity index (χ0v) is 12.7. The van der Waals surface area contributed by atoms with Crippen LogP contribution in [0.4, 0.5) is 11.5 Å². The summed E-state index contributed by atoms with van der Waals surface area (Å²) in [4.78, 5) is 8.17. The fourth-order valence-electron chi connectivity index (χ4n) is 2.31. The SMILES string of the molecule is Cc1ccncc1-c1c(Cl)c(N)c2cnc(N)cc2c1Cl. The van der Waals surface area contributed by atoms with Gasteiger partial charge in [0.1, 0.15) is 5.82 Å². The third-order valence-electron chi connectivity index (χ3n) is 3.44. The Labute approximate surface area is 131 Å². The summed E-state index contributed by atoms with van der Waals surface area (Å²) in [5, 5.41) is 2.30. The molecule has 0 unspecified atom stereocenters. The fraction of sp³-hybridized carbons (Fsp3) is 0.0667. The maximum Gasteiger partial charge on any atom is 0.123 e. The molecule has 6 heteroatoms. The molecule has 0 saturated heterocycles. The predicted octanol–water partition coefficient (Wildman–Crippen LogP) is 4.08. The van der Waals surface area contributed by atoms with Gasteiger partial charge < -0.3 is 11.5 Å². The summed E-state index contributed by atoms with van der Waals surface area (Å²) in [5.74, 6) is 0.375. The van der Waals surface area contributed by atoms with Crippen molar-refractivity contribution in [3.8, 4) is 11.1 Å². The monoisotopic (exact) mass is 318 g/mol. The standard InChI is InChI=1S/C15H12Cl2N4/c1-7-2-3-20-5-9(7)12-13(16)8-4-11(18)21-6-10(8)15(19)14(12)17/h2-6H,19H2,1H3,(H2,18,21). The highest BCUT2D eigenvalue weighted by atomic mass is 35.5. The minimum atomic E-state index is 0.375. The molecule has 0 amide bonds. The first-order chi connectivity index (χ1) is 10.0. The normalized spacial score (nSPS) is 11.0. The molecule has 3 rings (SSSR count). The van der Waals surface area contributed by atoms with Crippen LogP contribution in [0.3, 0.4) is 0 Å². The summed E-state index contributed by atoms with van der Waals surface area (Å²) in [6.07, 6.45) is 5.02. The van der Waals surface area contributed by atoms with E-state index in [0.717, 1.165) is 16.5 Å². The maximum absolute atomic E-state index is 6.55. The van der Waals surface area contributed by atoms with Gasteiger partial charge in [-0.25, -0.2) is 4.98 Å². The molecule has 0 radical (unpaired) electrons. The quantitative estimate of drug-likeness (QED) is 0.663. The summed E-state index contributed by atoms with van der Waals surface area (Å²) < 4.78 is 0. The zero-order chi connectivity index (χ0) is 15.1. The van der Waals surface area contributed by atoms with Gasteiger partial charge in [-0.05, 0) is 24.6 Å². The molecule has 0 bridgehead atoms. The number of benzene rings is 1. The molecule has 4 nitrogen and oxygen atoms in total. The molecule has 0 fully saturated rings. The van der Waals surface area contributed by atoms with Gasteiger partial charge in [0.2, 0.25) is 0 Å². The molecule has 0 atom stereocenters. The number of nitrogen functional groups attached to an aromatic ring is 2. The lowest BCUT2D eigenvalue weighted by Gasteiger charge is -2.15. The summed E-state index contributed by atoms with van der Waals surface area (Å²) in [5.41, 5.74) is 14.8. The number of pyridine rings is 2. The molecule has 0 spiro atoms. The van der Waals surface area contributed by atoms with E-state index in [0.29, 0.717) is 32.5 Å². The third-order valence-corrected chi connectivity index (χ3v) is 4.22. The number of hydrogen-bond acceptors (Lipinski definition) is 4. The highest BCUT2D eigenvalue weighted by Gasteiger charge is 2.18. The van der Waals surface area contributed by atoms with Crippen molar-refractivity contribution in [1.82, 2.24) is 9.97 Å². The fourth-order valence-corrected chi connectivity index (χ4v) is 3.01. The van der Waals surface area contributed by atoms with Crippen molar-refractivity contribution in [3.05, 3.63) is 46.3 Å². The topological polar surface area (TPSA) is 77.8 Å². The molecule has 0 aliphatic carbocycles. The predicted molar refractivity (Wildman–Crippen MR) is 88.6 cm³/mol. The Morgan fingerprint density at radius 1 is 1.05 bits per heavy atom. The van der Waals surface area contributed by atoms with Crippen LogP contribution >= 0.6 is 23.2 Å². The van der Waals surface area contributed by atoms with Crippen LogP contribution in [-0.4, -0.2) is 9.97 Å². The first-order valence-corrected chi connectivity index (χ1v) is 6.99. The van der Waals surface area contributed by atoms with E-state index in [-0.39, 0.29) is 0 Å². The molecule has 0 aliphatic rings. The van der Waals surface area contributed by atoms with Crippen LogP contribution in [-0.2, 0) is 0 Å². The lowest BCUT2D eigenvalue weighted by Crippen LogP contribution is -1.97. The van der Waals surface area contributed by atoms with E-state index in [1.54, 1.807) is 24.7 Å². The number of nitrogens with zero attached hydrogens (tertiary/aromatic N) is 2. The summed E-state index contributed by atoms with van der Waals surface area (Å²) in [6, 6.07) is 3.59. The Balaban J connectivity index is 2.47. The smallest absolute Gasteiger partial charge is 0.123 e. The van der Waals surface area contributed by atoms with Crippen LogP contribution in [0.5, 0.6) is 0 Å². The van der Waals surface area contributed by atoms with Crippen LogP contribution in [0.25, 0.3) is 21.9 Å². The molecule has 0 aliphatic heterocycles. The van der Waals surface area contributed by atoms with E-state index in [1.807, 2.05) is 13.0 Å². The lowest BCUT2D eigenvalue weighted by atomic mass is 9.98. The number of halogens is 2. The molecule has 0 saturated carbocycles. The Bertz CT molecular complexity index is 862. The van der Waals surface area contributed by atoms with E-state index in [9.17, 15) is 0 Å². The van der Waals surface area contributed by atoms with Crippen molar-refractivity contribution in [2.75, 3.05) is 11.5 Å². The van der Waals surface area contributed by atoms with E-state index in [1.165, 1.54) is 0 Å². The molecule has 21 heavy (non-hydrogen) atoms. The summed E-state index contributed by atoms with van der Waals surface area (Å²) in [7, 11) is 0. The van der Waals surface area contributed by atoms with Crippen LogP contribution in [0.1, 0.15) is 5.56 Å².